The molecule has 0 saturated carbocycles. The second-order valence-electron chi connectivity index (χ2n) is 4.70. The van der Waals surface area contributed by atoms with Crippen molar-refractivity contribution >= 4 is 58.5 Å². The molecule has 0 unspecified atom stereocenters. The predicted octanol–water partition coefficient (Wildman–Crippen LogP) is 4.13. The van der Waals surface area contributed by atoms with Crippen molar-refractivity contribution in [3.05, 3.63) is 63.1 Å². The zero-order chi connectivity index (χ0) is 17.5. The first kappa shape index (κ1) is 18.3. The highest BCUT2D eigenvalue weighted by Gasteiger charge is 2.09. The Kier molecular flexibility index (Phi) is 6.61. The summed E-state index contributed by atoms with van der Waals surface area (Å²) >= 11 is 17.4. The Hall–Kier alpha value is -2.08. The van der Waals surface area contributed by atoms with Gasteiger partial charge in [0.2, 0.25) is 11.8 Å². The summed E-state index contributed by atoms with van der Waals surface area (Å²) in [5.74, 6) is -1.04. The lowest BCUT2D eigenvalue weighted by atomic mass is 10.2. The van der Waals surface area contributed by atoms with E-state index in [0.29, 0.717) is 20.8 Å². The number of halogens is 3. The Labute approximate surface area is 153 Å². The van der Waals surface area contributed by atoms with E-state index in [1.165, 1.54) is 12.3 Å². The van der Waals surface area contributed by atoms with Crippen molar-refractivity contribution in [3.63, 3.8) is 0 Å². The molecule has 2 amide bonds. The first-order valence-electron chi connectivity index (χ1n) is 6.76. The number of amides is 2. The van der Waals surface area contributed by atoms with Crippen molar-refractivity contribution < 1.29 is 9.59 Å². The summed E-state index contributed by atoms with van der Waals surface area (Å²) in [6, 6.07) is 11.5. The molecule has 0 aliphatic rings. The molecule has 0 bridgehead atoms. The van der Waals surface area contributed by atoms with Gasteiger partial charge in [0.25, 0.3) is 0 Å². The number of anilines is 1. The van der Waals surface area contributed by atoms with Gasteiger partial charge in [0.15, 0.2) is 0 Å². The monoisotopic (exact) mass is 383 g/mol. The van der Waals surface area contributed by atoms with Gasteiger partial charge in [-0.05, 0) is 35.9 Å². The molecule has 0 aliphatic heterocycles. The van der Waals surface area contributed by atoms with E-state index in [-0.39, 0.29) is 6.42 Å². The number of nitrogens with zero attached hydrogens (tertiary/aromatic N) is 1. The lowest BCUT2D eigenvalue weighted by molar-refractivity contribution is -0.126. The number of nitrogens with one attached hydrogen (secondary N) is 2. The fraction of sp³-hybridized carbons (Fsp3) is 0.0625. The maximum absolute atomic E-state index is 11.8. The number of carbonyl (C=O) groups is 2. The van der Waals surface area contributed by atoms with Gasteiger partial charge in [-0.2, -0.15) is 5.10 Å². The minimum atomic E-state index is -0.544. The van der Waals surface area contributed by atoms with E-state index >= 15 is 0 Å². The number of rotatable bonds is 5. The Morgan fingerprint density at radius 1 is 0.958 bits per heavy atom. The van der Waals surface area contributed by atoms with Crippen molar-refractivity contribution in [2.24, 2.45) is 5.10 Å². The Bertz CT molecular complexity index is 777. The summed E-state index contributed by atoms with van der Waals surface area (Å²) in [6.45, 7) is 0. The van der Waals surface area contributed by atoms with Crippen LogP contribution in [0.5, 0.6) is 0 Å². The summed E-state index contributed by atoms with van der Waals surface area (Å²) in [5.41, 5.74) is 3.49. The number of benzene rings is 2. The minimum Gasteiger partial charge on any atom is -0.326 e. The maximum Gasteiger partial charge on any atom is 0.249 e. The molecule has 0 aliphatic carbocycles. The van der Waals surface area contributed by atoms with Crippen LogP contribution in [0.15, 0.2) is 47.6 Å². The fourth-order valence-electron chi connectivity index (χ4n) is 1.69. The summed E-state index contributed by atoms with van der Waals surface area (Å²) < 4.78 is 0. The van der Waals surface area contributed by atoms with E-state index < -0.39 is 11.8 Å². The number of hydrazone groups is 1. The molecule has 0 saturated heterocycles. The van der Waals surface area contributed by atoms with Crippen LogP contribution in [0, 0.1) is 0 Å². The third kappa shape index (κ3) is 5.85. The Morgan fingerprint density at radius 3 is 2.33 bits per heavy atom. The van der Waals surface area contributed by atoms with Crippen molar-refractivity contribution in [1.29, 1.82) is 0 Å². The second-order valence-corrected chi connectivity index (χ2v) is 5.95. The van der Waals surface area contributed by atoms with Gasteiger partial charge in [0.05, 0.1) is 16.3 Å². The van der Waals surface area contributed by atoms with Crippen molar-refractivity contribution in [3.8, 4) is 0 Å². The van der Waals surface area contributed by atoms with Crippen LogP contribution < -0.4 is 10.7 Å². The first-order chi connectivity index (χ1) is 11.4. The van der Waals surface area contributed by atoms with Gasteiger partial charge in [-0.1, -0.05) is 46.9 Å². The molecule has 2 aromatic rings. The molecule has 2 aromatic carbocycles. The molecule has 0 heterocycles. The highest BCUT2D eigenvalue weighted by Crippen LogP contribution is 2.24. The van der Waals surface area contributed by atoms with Crippen LogP contribution in [0.1, 0.15) is 12.0 Å². The molecule has 0 spiro atoms. The smallest absolute Gasteiger partial charge is 0.249 e. The van der Waals surface area contributed by atoms with Crippen LogP contribution >= 0.6 is 34.8 Å². The number of carbonyl (C=O) groups excluding carboxylic acids is 2. The van der Waals surface area contributed by atoms with E-state index in [0.717, 1.165) is 5.56 Å². The van der Waals surface area contributed by atoms with E-state index in [2.05, 4.69) is 15.8 Å². The lowest BCUT2D eigenvalue weighted by Crippen LogP contribution is -2.24. The molecule has 24 heavy (non-hydrogen) atoms. The van der Waals surface area contributed by atoms with E-state index in [1.807, 2.05) is 0 Å². The van der Waals surface area contributed by atoms with Crippen molar-refractivity contribution in [2.45, 2.75) is 6.42 Å². The molecule has 0 fully saturated rings. The molecule has 0 radical (unpaired) electrons. The maximum atomic E-state index is 11.8. The van der Waals surface area contributed by atoms with Gasteiger partial charge in [0, 0.05) is 10.7 Å². The molecule has 8 heteroatoms. The molecule has 0 aromatic heterocycles. The predicted molar refractivity (Wildman–Crippen MR) is 96.9 cm³/mol. The van der Waals surface area contributed by atoms with E-state index in [4.69, 9.17) is 34.8 Å². The third-order valence-electron chi connectivity index (χ3n) is 2.80. The van der Waals surface area contributed by atoms with Gasteiger partial charge in [0.1, 0.15) is 6.42 Å². The number of hydrogen-bond donors (Lipinski definition) is 2. The molecular weight excluding hydrogens is 373 g/mol. The van der Waals surface area contributed by atoms with Crippen LogP contribution in [0.3, 0.4) is 0 Å². The van der Waals surface area contributed by atoms with Gasteiger partial charge >= 0.3 is 0 Å². The second kappa shape index (κ2) is 8.68. The summed E-state index contributed by atoms with van der Waals surface area (Å²) in [6.07, 6.45) is 1.07. The minimum absolute atomic E-state index is 0.312. The highest BCUT2D eigenvalue weighted by atomic mass is 35.5. The summed E-state index contributed by atoms with van der Waals surface area (Å²) in [5, 5.41) is 7.61. The Balaban J connectivity index is 1.81. The SMILES string of the molecule is O=C(CC(=O)Nc1ccc(Cl)c(Cl)c1)N/N=C/c1ccc(Cl)cc1. The zero-order valence-electron chi connectivity index (χ0n) is 12.2. The average molecular weight is 385 g/mol. The standard InChI is InChI=1S/C16H12Cl3N3O2/c17-11-3-1-10(2-4-11)9-20-22-16(24)8-15(23)21-12-5-6-13(18)14(19)7-12/h1-7,9H,8H2,(H,21,23)(H,22,24)/b20-9+. The first-order valence-corrected chi connectivity index (χ1v) is 7.90. The highest BCUT2D eigenvalue weighted by molar-refractivity contribution is 6.42. The molecule has 0 atom stereocenters. The van der Waals surface area contributed by atoms with Crippen LogP contribution in [0.4, 0.5) is 5.69 Å². The van der Waals surface area contributed by atoms with Crippen molar-refractivity contribution in [2.75, 3.05) is 5.32 Å². The largest absolute Gasteiger partial charge is 0.326 e. The van der Waals surface area contributed by atoms with Crippen LogP contribution in [0.25, 0.3) is 0 Å². The van der Waals surface area contributed by atoms with Crippen LogP contribution in [-0.4, -0.2) is 18.0 Å². The van der Waals surface area contributed by atoms with Crippen LogP contribution in [0.2, 0.25) is 15.1 Å². The average Bonchev–Trinajstić information content (AvgIpc) is 2.53. The zero-order valence-corrected chi connectivity index (χ0v) is 14.5. The quantitative estimate of drug-likeness (QED) is 0.462. The third-order valence-corrected chi connectivity index (χ3v) is 3.79. The fourth-order valence-corrected chi connectivity index (χ4v) is 2.12. The molecule has 124 valence electrons. The topological polar surface area (TPSA) is 70.6 Å². The van der Waals surface area contributed by atoms with Gasteiger partial charge < -0.3 is 5.32 Å². The lowest BCUT2D eigenvalue weighted by Gasteiger charge is -2.05. The molecule has 2 N–H and O–H groups in total. The van der Waals surface area contributed by atoms with Gasteiger partial charge in [-0.3, -0.25) is 9.59 Å². The summed E-state index contributed by atoms with van der Waals surface area (Å²) in [4.78, 5) is 23.4. The van der Waals surface area contributed by atoms with Gasteiger partial charge in [-0.15, -0.1) is 0 Å². The van der Waals surface area contributed by atoms with E-state index in [1.54, 1.807) is 36.4 Å². The van der Waals surface area contributed by atoms with Gasteiger partial charge in [-0.25, -0.2) is 5.43 Å². The van der Waals surface area contributed by atoms with Crippen LogP contribution in [-0.2, 0) is 9.59 Å². The number of hydrogen-bond acceptors (Lipinski definition) is 3. The molecule has 2 rings (SSSR count). The summed E-state index contributed by atoms with van der Waals surface area (Å²) in [7, 11) is 0. The van der Waals surface area contributed by atoms with Crippen molar-refractivity contribution in [1.82, 2.24) is 5.43 Å². The van der Waals surface area contributed by atoms with E-state index in [9.17, 15) is 9.59 Å². The molecule has 5 nitrogen and oxygen atoms in total. The normalized spacial score (nSPS) is 10.6. The Morgan fingerprint density at radius 2 is 1.67 bits per heavy atom. The molecular formula is C16H12Cl3N3O2.